The lowest BCUT2D eigenvalue weighted by Gasteiger charge is -2.05. The Hall–Kier alpha value is -1.51. The van der Waals surface area contributed by atoms with Gasteiger partial charge in [0, 0.05) is 18.7 Å². The Morgan fingerprint density at radius 3 is 2.69 bits per heavy atom. The van der Waals surface area contributed by atoms with E-state index in [0.29, 0.717) is 13.0 Å². The van der Waals surface area contributed by atoms with Crippen LogP contribution in [0.2, 0.25) is 0 Å². The van der Waals surface area contributed by atoms with E-state index in [-0.39, 0.29) is 5.97 Å². The van der Waals surface area contributed by atoms with Gasteiger partial charge in [-0.3, -0.25) is 4.79 Å². The zero-order chi connectivity index (χ0) is 11.6. The summed E-state index contributed by atoms with van der Waals surface area (Å²) in [6.45, 7) is 3.19. The van der Waals surface area contributed by atoms with Crippen LogP contribution in [0.15, 0.2) is 30.3 Å². The number of rotatable bonds is 7. The molecule has 0 aliphatic rings. The number of hydrogen-bond acceptors (Lipinski definition) is 3. The average Bonchev–Trinajstić information content (AvgIpc) is 2.30. The lowest BCUT2D eigenvalue weighted by Crippen LogP contribution is -2.06. The predicted octanol–water partition coefficient (Wildman–Crippen LogP) is 2.83. The van der Waals surface area contributed by atoms with Crippen molar-refractivity contribution in [1.29, 1.82) is 0 Å². The Labute approximate surface area is 96.8 Å². The van der Waals surface area contributed by atoms with Gasteiger partial charge < -0.3 is 10.1 Å². The molecule has 88 valence electrons. The van der Waals surface area contributed by atoms with Crippen molar-refractivity contribution in [2.75, 3.05) is 18.5 Å². The number of para-hydroxylation sites is 1. The Bertz CT molecular complexity index is 298. The van der Waals surface area contributed by atoms with E-state index in [1.54, 1.807) is 0 Å². The van der Waals surface area contributed by atoms with Crippen molar-refractivity contribution in [3.05, 3.63) is 30.3 Å². The van der Waals surface area contributed by atoms with Gasteiger partial charge in [-0.2, -0.15) is 0 Å². The first kappa shape index (κ1) is 12.6. The van der Waals surface area contributed by atoms with E-state index in [9.17, 15) is 4.79 Å². The van der Waals surface area contributed by atoms with Crippen LogP contribution in [-0.2, 0) is 9.53 Å². The maximum Gasteiger partial charge on any atom is 0.305 e. The minimum absolute atomic E-state index is 0.0952. The zero-order valence-electron chi connectivity index (χ0n) is 9.74. The Morgan fingerprint density at radius 2 is 2.00 bits per heavy atom. The normalized spacial score (nSPS) is 9.81. The van der Waals surface area contributed by atoms with Gasteiger partial charge in [0.1, 0.15) is 0 Å². The number of anilines is 1. The molecule has 0 radical (unpaired) electrons. The van der Waals surface area contributed by atoms with Crippen molar-refractivity contribution in [3.63, 3.8) is 0 Å². The highest BCUT2D eigenvalue weighted by Gasteiger charge is 2.00. The van der Waals surface area contributed by atoms with Crippen LogP contribution in [0.25, 0.3) is 0 Å². The van der Waals surface area contributed by atoms with Gasteiger partial charge in [-0.05, 0) is 31.9 Å². The van der Waals surface area contributed by atoms with Crippen LogP contribution in [0.1, 0.15) is 26.2 Å². The fourth-order valence-electron chi connectivity index (χ4n) is 1.42. The number of unbranched alkanes of at least 4 members (excludes halogenated alkanes) is 1. The molecule has 0 fully saturated rings. The third-order valence-corrected chi connectivity index (χ3v) is 2.22. The van der Waals surface area contributed by atoms with Crippen LogP contribution in [0.4, 0.5) is 5.69 Å². The molecule has 0 aliphatic heterocycles. The second-order valence-electron chi connectivity index (χ2n) is 3.55. The number of ether oxygens (including phenoxy) is 1. The van der Waals surface area contributed by atoms with E-state index < -0.39 is 0 Å². The summed E-state index contributed by atoms with van der Waals surface area (Å²) >= 11 is 0. The molecule has 0 spiro atoms. The van der Waals surface area contributed by atoms with Crippen molar-refractivity contribution in [1.82, 2.24) is 0 Å². The molecular weight excluding hydrogens is 202 g/mol. The van der Waals surface area contributed by atoms with E-state index in [1.807, 2.05) is 37.3 Å². The molecular formula is C13H19NO2. The van der Waals surface area contributed by atoms with Gasteiger partial charge in [0.05, 0.1) is 6.61 Å². The van der Waals surface area contributed by atoms with Gasteiger partial charge in [-0.25, -0.2) is 0 Å². The molecule has 1 aromatic rings. The van der Waals surface area contributed by atoms with Gasteiger partial charge in [-0.1, -0.05) is 18.2 Å². The minimum Gasteiger partial charge on any atom is -0.466 e. The number of carbonyl (C=O) groups is 1. The Kier molecular flexibility index (Phi) is 6.07. The molecule has 3 nitrogen and oxygen atoms in total. The summed E-state index contributed by atoms with van der Waals surface area (Å²) < 4.78 is 4.85. The summed E-state index contributed by atoms with van der Waals surface area (Å²) in [4.78, 5) is 11.0. The molecule has 0 atom stereocenters. The van der Waals surface area contributed by atoms with Crippen molar-refractivity contribution in [3.8, 4) is 0 Å². The number of benzene rings is 1. The SMILES string of the molecule is CCOC(=O)CCCCNc1ccccc1. The monoisotopic (exact) mass is 221 g/mol. The van der Waals surface area contributed by atoms with Gasteiger partial charge in [0.15, 0.2) is 0 Å². The Balaban J connectivity index is 2.02. The molecule has 1 rings (SSSR count). The summed E-state index contributed by atoms with van der Waals surface area (Å²) in [6.07, 6.45) is 2.37. The molecule has 0 saturated heterocycles. The molecule has 0 unspecified atom stereocenters. The van der Waals surface area contributed by atoms with Crippen LogP contribution in [0.5, 0.6) is 0 Å². The lowest BCUT2D eigenvalue weighted by molar-refractivity contribution is -0.143. The second kappa shape index (κ2) is 7.74. The summed E-state index contributed by atoms with van der Waals surface area (Å²) in [5.74, 6) is -0.0952. The maximum atomic E-state index is 11.0. The summed E-state index contributed by atoms with van der Waals surface area (Å²) in [5, 5.41) is 3.30. The fraction of sp³-hybridized carbons (Fsp3) is 0.462. The van der Waals surface area contributed by atoms with Crippen LogP contribution in [0.3, 0.4) is 0 Å². The number of carbonyl (C=O) groups excluding carboxylic acids is 1. The van der Waals surface area contributed by atoms with Crippen molar-refractivity contribution in [2.24, 2.45) is 0 Å². The number of hydrogen-bond donors (Lipinski definition) is 1. The second-order valence-corrected chi connectivity index (χ2v) is 3.55. The van der Waals surface area contributed by atoms with E-state index in [1.165, 1.54) is 0 Å². The molecule has 1 N–H and O–H groups in total. The van der Waals surface area contributed by atoms with Crippen LogP contribution < -0.4 is 5.32 Å². The van der Waals surface area contributed by atoms with Crippen LogP contribution >= 0.6 is 0 Å². The maximum absolute atomic E-state index is 11.0. The van der Waals surface area contributed by atoms with Gasteiger partial charge >= 0.3 is 5.97 Å². The fourth-order valence-corrected chi connectivity index (χ4v) is 1.42. The largest absolute Gasteiger partial charge is 0.466 e. The van der Waals surface area contributed by atoms with Crippen LogP contribution in [0, 0.1) is 0 Å². The average molecular weight is 221 g/mol. The molecule has 0 aliphatic carbocycles. The first-order valence-electron chi connectivity index (χ1n) is 5.77. The van der Waals surface area contributed by atoms with E-state index >= 15 is 0 Å². The number of esters is 1. The quantitative estimate of drug-likeness (QED) is 0.568. The highest BCUT2D eigenvalue weighted by atomic mass is 16.5. The van der Waals surface area contributed by atoms with Crippen molar-refractivity contribution >= 4 is 11.7 Å². The molecule has 1 aromatic carbocycles. The molecule has 0 saturated carbocycles. The highest BCUT2D eigenvalue weighted by Crippen LogP contribution is 2.05. The first-order chi connectivity index (χ1) is 7.83. The zero-order valence-corrected chi connectivity index (χ0v) is 9.74. The topological polar surface area (TPSA) is 38.3 Å². The molecule has 3 heteroatoms. The van der Waals surface area contributed by atoms with E-state index in [0.717, 1.165) is 25.1 Å². The van der Waals surface area contributed by atoms with Gasteiger partial charge in [0.25, 0.3) is 0 Å². The predicted molar refractivity (Wildman–Crippen MR) is 65.4 cm³/mol. The molecule has 0 bridgehead atoms. The van der Waals surface area contributed by atoms with Crippen molar-refractivity contribution < 1.29 is 9.53 Å². The summed E-state index contributed by atoms with van der Waals surface area (Å²) in [6, 6.07) is 10.1. The van der Waals surface area contributed by atoms with Crippen LogP contribution in [-0.4, -0.2) is 19.1 Å². The molecule has 0 aromatic heterocycles. The molecule has 0 heterocycles. The highest BCUT2D eigenvalue weighted by molar-refractivity contribution is 5.69. The lowest BCUT2D eigenvalue weighted by atomic mass is 10.2. The van der Waals surface area contributed by atoms with Crippen molar-refractivity contribution in [2.45, 2.75) is 26.2 Å². The minimum atomic E-state index is -0.0952. The molecule has 16 heavy (non-hydrogen) atoms. The van der Waals surface area contributed by atoms with Gasteiger partial charge in [0.2, 0.25) is 0 Å². The molecule has 0 amide bonds. The van der Waals surface area contributed by atoms with E-state index in [2.05, 4.69) is 5.32 Å². The summed E-state index contributed by atoms with van der Waals surface area (Å²) in [7, 11) is 0. The van der Waals surface area contributed by atoms with E-state index in [4.69, 9.17) is 4.74 Å². The summed E-state index contributed by atoms with van der Waals surface area (Å²) in [5.41, 5.74) is 1.12. The smallest absolute Gasteiger partial charge is 0.305 e. The Morgan fingerprint density at radius 1 is 1.25 bits per heavy atom. The third-order valence-electron chi connectivity index (χ3n) is 2.22. The third kappa shape index (κ3) is 5.39. The standard InChI is InChI=1S/C13H19NO2/c1-2-16-13(15)10-6-7-11-14-12-8-4-3-5-9-12/h3-5,8-9,14H,2,6-7,10-11H2,1H3. The van der Waals surface area contributed by atoms with Gasteiger partial charge in [-0.15, -0.1) is 0 Å². The number of nitrogens with one attached hydrogen (secondary N) is 1. The first-order valence-corrected chi connectivity index (χ1v) is 5.77.